The molecule has 0 aliphatic heterocycles. The van der Waals surface area contributed by atoms with E-state index in [4.69, 9.17) is 29.3 Å². The van der Waals surface area contributed by atoms with E-state index in [1.807, 2.05) is 73.5 Å². The topological polar surface area (TPSA) is 134 Å². The molecule has 4 N–H and O–H groups in total. The van der Waals surface area contributed by atoms with Crippen LogP contribution in [0.5, 0.6) is 11.5 Å². The zero-order chi connectivity index (χ0) is 33.9. The number of rotatable bonds is 14. The van der Waals surface area contributed by atoms with Crippen LogP contribution in [0.4, 0.5) is 4.39 Å². The van der Waals surface area contributed by atoms with E-state index in [0.29, 0.717) is 55.1 Å². The number of aliphatic hydroxyl groups excluding tert-OH is 3. The van der Waals surface area contributed by atoms with Gasteiger partial charge in [-0.1, -0.05) is 49.3 Å². The molecule has 0 saturated carbocycles. The summed E-state index contributed by atoms with van der Waals surface area (Å²) in [5.74, 6) is 7.69. The van der Waals surface area contributed by atoms with Gasteiger partial charge in [0, 0.05) is 37.1 Å². The highest BCUT2D eigenvalue weighted by Gasteiger charge is 2.07. The van der Waals surface area contributed by atoms with E-state index in [1.165, 1.54) is 0 Å². The summed E-state index contributed by atoms with van der Waals surface area (Å²) in [6.07, 6.45) is 2.39. The predicted octanol–water partition coefficient (Wildman–Crippen LogP) is 5.41. The van der Waals surface area contributed by atoms with E-state index in [1.54, 1.807) is 0 Å². The highest BCUT2D eigenvalue weighted by Crippen LogP contribution is 2.30. The standard InChI is InChI=1S/C33H35FO4.CH2O2.CH4O.CH2O/c1-25(23-35)15-18-37-32-20-31(21-33(22-32)38-19-16-26(2)24-36)30-13-11-29(12-14-30)10-9-28-7-5-27(6-8-28)4-3-17-34;2-1-3;2*1-2/h5-8,11-14,20-22,35-36H,1-4,15-19,23-24H2;1H,(H,2,3);2H,1H3;1H2. The van der Waals surface area contributed by atoms with Crippen molar-refractivity contribution in [3.05, 3.63) is 108 Å². The molecule has 0 heterocycles. The molecule has 0 bridgehead atoms. The van der Waals surface area contributed by atoms with Crippen LogP contribution in [0.15, 0.2) is 91.0 Å². The number of carbonyl (C=O) groups is 2. The first-order valence-corrected chi connectivity index (χ1v) is 14.0. The van der Waals surface area contributed by atoms with Crippen LogP contribution in [-0.4, -0.2) is 73.9 Å². The molecular formula is C36H43FO8. The fourth-order valence-electron chi connectivity index (χ4n) is 3.61. The molecule has 0 atom stereocenters. The minimum absolute atomic E-state index is 0.0620. The third-order valence-corrected chi connectivity index (χ3v) is 5.90. The molecule has 242 valence electrons. The van der Waals surface area contributed by atoms with Crippen LogP contribution >= 0.6 is 0 Å². The summed E-state index contributed by atoms with van der Waals surface area (Å²) in [6, 6.07) is 21.6. The van der Waals surface area contributed by atoms with Crippen molar-refractivity contribution in [3.63, 3.8) is 0 Å². The van der Waals surface area contributed by atoms with E-state index >= 15 is 0 Å². The van der Waals surface area contributed by atoms with Crippen LogP contribution in [0.2, 0.25) is 0 Å². The Labute approximate surface area is 265 Å². The van der Waals surface area contributed by atoms with Crippen molar-refractivity contribution in [2.75, 3.05) is 40.2 Å². The van der Waals surface area contributed by atoms with Crippen molar-refractivity contribution in [2.24, 2.45) is 0 Å². The van der Waals surface area contributed by atoms with Crippen LogP contribution in [0.25, 0.3) is 11.1 Å². The first-order valence-electron chi connectivity index (χ1n) is 14.0. The van der Waals surface area contributed by atoms with E-state index in [2.05, 4.69) is 25.0 Å². The summed E-state index contributed by atoms with van der Waals surface area (Å²) < 4.78 is 24.2. The van der Waals surface area contributed by atoms with Crippen molar-refractivity contribution < 1.29 is 43.9 Å². The Morgan fingerprint density at radius 3 is 1.60 bits per heavy atom. The summed E-state index contributed by atoms with van der Waals surface area (Å²) >= 11 is 0. The fraction of sp³-hybridized carbons (Fsp3) is 0.278. The van der Waals surface area contributed by atoms with Gasteiger partial charge in [-0.2, -0.15) is 0 Å². The quantitative estimate of drug-likeness (QED) is 0.107. The summed E-state index contributed by atoms with van der Waals surface area (Å²) in [5, 5.41) is 32.2. The van der Waals surface area contributed by atoms with Gasteiger partial charge in [0.05, 0.1) is 33.1 Å². The second-order valence-corrected chi connectivity index (χ2v) is 9.13. The van der Waals surface area contributed by atoms with Gasteiger partial charge >= 0.3 is 0 Å². The first-order chi connectivity index (χ1) is 21.9. The van der Waals surface area contributed by atoms with Crippen LogP contribution < -0.4 is 9.47 Å². The van der Waals surface area contributed by atoms with Crippen LogP contribution in [0.3, 0.4) is 0 Å². The average Bonchev–Trinajstić information content (AvgIpc) is 3.09. The van der Waals surface area contributed by atoms with E-state index < -0.39 is 0 Å². The monoisotopic (exact) mass is 622 g/mol. The lowest BCUT2D eigenvalue weighted by molar-refractivity contribution is -0.122. The van der Waals surface area contributed by atoms with E-state index in [0.717, 1.165) is 41.3 Å². The number of aliphatic hydroxyl groups is 3. The molecule has 3 aromatic carbocycles. The molecule has 0 aliphatic rings. The van der Waals surface area contributed by atoms with Crippen LogP contribution in [0, 0.1) is 11.8 Å². The number of carbonyl (C=O) groups excluding carboxylic acids is 1. The second kappa shape index (κ2) is 25.7. The Balaban J connectivity index is 0.00000256. The Bertz CT molecular complexity index is 1290. The molecule has 3 rings (SSSR count). The van der Waals surface area contributed by atoms with Crippen molar-refractivity contribution in [1.82, 2.24) is 0 Å². The second-order valence-electron chi connectivity index (χ2n) is 9.13. The van der Waals surface area contributed by atoms with Crippen LogP contribution in [0.1, 0.15) is 36.0 Å². The molecule has 8 nitrogen and oxygen atoms in total. The maximum atomic E-state index is 12.4. The summed E-state index contributed by atoms with van der Waals surface area (Å²) in [7, 11) is 1.00. The van der Waals surface area contributed by atoms with Gasteiger partial charge in [0.15, 0.2) is 0 Å². The minimum atomic E-state index is -0.301. The molecule has 0 saturated heterocycles. The first kappa shape index (κ1) is 40.2. The van der Waals surface area contributed by atoms with Crippen molar-refractivity contribution in [2.45, 2.75) is 25.7 Å². The molecule has 0 aliphatic carbocycles. The normalized spacial score (nSPS) is 9.27. The molecule has 9 heteroatoms. The van der Waals surface area contributed by atoms with Crippen molar-refractivity contribution in [3.8, 4) is 34.5 Å². The van der Waals surface area contributed by atoms with Gasteiger partial charge in [-0.05, 0) is 77.1 Å². The van der Waals surface area contributed by atoms with Gasteiger partial charge in [-0.25, -0.2) is 0 Å². The van der Waals surface area contributed by atoms with Gasteiger partial charge in [-0.3, -0.25) is 9.18 Å². The molecule has 0 unspecified atom stereocenters. The number of halogens is 1. The van der Waals surface area contributed by atoms with Gasteiger partial charge in [0.25, 0.3) is 6.47 Å². The van der Waals surface area contributed by atoms with Crippen LogP contribution in [-0.2, 0) is 16.0 Å². The minimum Gasteiger partial charge on any atom is -0.493 e. The molecule has 0 spiro atoms. The van der Waals surface area contributed by atoms with Crippen molar-refractivity contribution >= 4 is 13.3 Å². The zero-order valence-corrected chi connectivity index (χ0v) is 25.7. The number of benzene rings is 3. The molecule has 0 amide bonds. The highest BCUT2D eigenvalue weighted by atomic mass is 19.1. The Kier molecular flexibility index (Phi) is 23.0. The largest absolute Gasteiger partial charge is 0.493 e. The van der Waals surface area contributed by atoms with E-state index in [9.17, 15) is 14.6 Å². The summed E-state index contributed by atoms with van der Waals surface area (Å²) in [5.41, 5.74) is 6.27. The summed E-state index contributed by atoms with van der Waals surface area (Å²) in [4.78, 5) is 16.4. The number of aryl methyl sites for hydroxylation is 1. The molecule has 3 aromatic rings. The lowest BCUT2D eigenvalue weighted by Gasteiger charge is -2.13. The SMILES string of the molecule is C=C(CO)CCOc1cc(OCCC(=C)CO)cc(-c2ccc(C#Cc3ccc(CCCF)cc3)cc2)c1.C=O.CO.O=CO. The molecular weight excluding hydrogens is 579 g/mol. The Hall–Kier alpha value is -4.75. The van der Waals surface area contributed by atoms with Gasteiger partial charge in [-0.15, -0.1) is 0 Å². The summed E-state index contributed by atoms with van der Waals surface area (Å²) in [6.45, 7) is 9.73. The maximum absolute atomic E-state index is 12.4. The molecule has 0 fully saturated rings. The Morgan fingerprint density at radius 1 is 0.778 bits per heavy atom. The van der Waals surface area contributed by atoms with Crippen molar-refractivity contribution in [1.29, 1.82) is 0 Å². The number of hydrogen-bond acceptors (Lipinski definition) is 7. The van der Waals surface area contributed by atoms with E-state index in [-0.39, 0.29) is 26.4 Å². The number of ether oxygens (including phenoxy) is 2. The zero-order valence-electron chi connectivity index (χ0n) is 25.7. The average molecular weight is 623 g/mol. The smallest absolute Gasteiger partial charge is 0.290 e. The lowest BCUT2D eigenvalue weighted by atomic mass is 10.0. The predicted molar refractivity (Wildman–Crippen MR) is 175 cm³/mol. The number of alkyl halides is 1. The third-order valence-electron chi connectivity index (χ3n) is 5.90. The van der Waals surface area contributed by atoms with Gasteiger partial charge < -0.3 is 34.7 Å². The van der Waals surface area contributed by atoms with Gasteiger partial charge in [0.1, 0.15) is 18.3 Å². The molecule has 0 aromatic heterocycles. The number of carboxylic acid groups (broad SMARTS) is 1. The third kappa shape index (κ3) is 17.2. The van der Waals surface area contributed by atoms with Gasteiger partial charge in [0.2, 0.25) is 0 Å². The highest BCUT2D eigenvalue weighted by molar-refractivity contribution is 5.68. The lowest BCUT2D eigenvalue weighted by Crippen LogP contribution is -2.03. The Morgan fingerprint density at radius 2 is 1.20 bits per heavy atom. The molecule has 0 radical (unpaired) electrons. The number of hydrogen-bond donors (Lipinski definition) is 4. The molecule has 45 heavy (non-hydrogen) atoms. The maximum Gasteiger partial charge on any atom is 0.290 e. The fourth-order valence-corrected chi connectivity index (χ4v) is 3.61.